The number of carbonyl (C=O) groups is 1. The molecule has 0 bridgehead atoms. The van der Waals surface area contributed by atoms with Crippen LogP contribution in [0.3, 0.4) is 0 Å². The summed E-state index contributed by atoms with van der Waals surface area (Å²) in [6, 6.07) is 5.15. The number of anilines is 1. The van der Waals surface area contributed by atoms with E-state index in [1.165, 1.54) is 32.1 Å². The molecular weight excluding hydrogens is 252 g/mol. The summed E-state index contributed by atoms with van der Waals surface area (Å²) < 4.78 is 5.12. The number of hydrogen-bond donors (Lipinski definition) is 2. The fraction of sp³-hybridized carbons (Fsp3) is 0.562. The Kier molecular flexibility index (Phi) is 5.27. The number of rotatable bonds is 5. The van der Waals surface area contributed by atoms with Crippen LogP contribution >= 0.6 is 0 Å². The maximum atomic E-state index is 12.1. The summed E-state index contributed by atoms with van der Waals surface area (Å²) >= 11 is 0. The highest BCUT2D eigenvalue weighted by atomic mass is 16.5. The van der Waals surface area contributed by atoms with Crippen LogP contribution in [0.2, 0.25) is 0 Å². The van der Waals surface area contributed by atoms with Crippen LogP contribution in [0, 0.1) is 5.92 Å². The normalized spacial score (nSPS) is 15.8. The van der Waals surface area contributed by atoms with E-state index in [0.29, 0.717) is 17.0 Å². The van der Waals surface area contributed by atoms with Gasteiger partial charge >= 0.3 is 0 Å². The number of carbonyl (C=O) groups excluding carboxylic acids is 1. The number of nitrogen functional groups attached to an aromatic ring is 1. The molecule has 4 nitrogen and oxygen atoms in total. The van der Waals surface area contributed by atoms with E-state index in [1.807, 2.05) is 0 Å². The average Bonchev–Trinajstić information content (AvgIpc) is 2.48. The van der Waals surface area contributed by atoms with Gasteiger partial charge in [0.1, 0.15) is 5.75 Å². The first-order chi connectivity index (χ1) is 9.70. The van der Waals surface area contributed by atoms with E-state index < -0.39 is 0 Å². The predicted octanol–water partition coefficient (Wildman–Crippen LogP) is 2.98. The zero-order valence-corrected chi connectivity index (χ0v) is 12.2. The monoisotopic (exact) mass is 276 g/mol. The minimum atomic E-state index is -0.114. The Morgan fingerprint density at radius 1 is 1.35 bits per heavy atom. The Balaban J connectivity index is 1.84. The first-order valence-electron chi connectivity index (χ1n) is 7.42. The summed E-state index contributed by atoms with van der Waals surface area (Å²) in [5, 5.41) is 2.96. The first kappa shape index (κ1) is 14.7. The van der Waals surface area contributed by atoms with Crippen molar-refractivity contribution in [2.45, 2.75) is 38.5 Å². The molecular formula is C16H24N2O2. The van der Waals surface area contributed by atoms with Crippen molar-refractivity contribution in [2.24, 2.45) is 5.92 Å². The highest BCUT2D eigenvalue weighted by Crippen LogP contribution is 2.26. The number of benzene rings is 1. The van der Waals surface area contributed by atoms with Gasteiger partial charge in [0.05, 0.1) is 12.7 Å². The third-order valence-corrected chi connectivity index (χ3v) is 4.07. The third kappa shape index (κ3) is 3.89. The van der Waals surface area contributed by atoms with E-state index in [-0.39, 0.29) is 5.91 Å². The number of nitrogens with two attached hydrogens (primary N) is 1. The molecule has 1 saturated carbocycles. The second kappa shape index (κ2) is 7.17. The lowest BCUT2D eigenvalue weighted by molar-refractivity contribution is 0.0951. The van der Waals surface area contributed by atoms with Crippen LogP contribution in [0.1, 0.15) is 48.9 Å². The lowest BCUT2D eigenvalue weighted by atomic mass is 9.87. The van der Waals surface area contributed by atoms with Crippen LogP contribution in [-0.4, -0.2) is 19.6 Å². The fourth-order valence-electron chi connectivity index (χ4n) is 2.82. The molecule has 0 unspecified atom stereocenters. The maximum Gasteiger partial charge on any atom is 0.253 e. The molecule has 1 aliphatic rings. The zero-order chi connectivity index (χ0) is 14.4. The van der Waals surface area contributed by atoms with Crippen molar-refractivity contribution in [3.63, 3.8) is 0 Å². The maximum absolute atomic E-state index is 12.1. The van der Waals surface area contributed by atoms with Crippen molar-refractivity contribution < 1.29 is 9.53 Å². The molecule has 0 aliphatic heterocycles. The number of ether oxygens (including phenoxy) is 1. The molecule has 2 rings (SSSR count). The molecule has 1 aromatic rings. The second-order valence-electron chi connectivity index (χ2n) is 5.50. The van der Waals surface area contributed by atoms with E-state index in [0.717, 1.165) is 18.9 Å². The fourth-order valence-corrected chi connectivity index (χ4v) is 2.82. The molecule has 110 valence electrons. The number of amides is 1. The Morgan fingerprint density at radius 3 is 2.80 bits per heavy atom. The van der Waals surface area contributed by atoms with Crippen molar-refractivity contribution in [3.05, 3.63) is 23.8 Å². The molecule has 0 radical (unpaired) electrons. The van der Waals surface area contributed by atoms with Crippen LogP contribution < -0.4 is 15.8 Å². The van der Waals surface area contributed by atoms with E-state index in [4.69, 9.17) is 10.5 Å². The van der Waals surface area contributed by atoms with Crippen LogP contribution in [0.25, 0.3) is 0 Å². The van der Waals surface area contributed by atoms with Gasteiger partial charge < -0.3 is 15.8 Å². The summed E-state index contributed by atoms with van der Waals surface area (Å²) in [7, 11) is 1.58. The van der Waals surface area contributed by atoms with Crippen molar-refractivity contribution in [2.75, 3.05) is 19.4 Å². The highest BCUT2D eigenvalue weighted by Gasteiger charge is 2.15. The van der Waals surface area contributed by atoms with Gasteiger partial charge in [-0.1, -0.05) is 32.1 Å². The van der Waals surface area contributed by atoms with Gasteiger partial charge in [0.15, 0.2) is 0 Å². The van der Waals surface area contributed by atoms with Crippen molar-refractivity contribution in [1.82, 2.24) is 5.32 Å². The summed E-state index contributed by atoms with van der Waals surface area (Å²) in [5.74, 6) is 1.31. The van der Waals surface area contributed by atoms with Crippen molar-refractivity contribution in [1.29, 1.82) is 0 Å². The van der Waals surface area contributed by atoms with Gasteiger partial charge in [-0.05, 0) is 30.5 Å². The van der Waals surface area contributed by atoms with Crippen LogP contribution in [0.15, 0.2) is 18.2 Å². The minimum absolute atomic E-state index is 0.114. The Hall–Kier alpha value is -1.71. The summed E-state index contributed by atoms with van der Waals surface area (Å²) in [5.41, 5.74) is 6.82. The van der Waals surface area contributed by atoms with E-state index in [9.17, 15) is 4.79 Å². The van der Waals surface area contributed by atoms with Gasteiger partial charge in [0, 0.05) is 12.2 Å². The van der Waals surface area contributed by atoms with Crippen molar-refractivity contribution in [3.8, 4) is 5.75 Å². The van der Waals surface area contributed by atoms with Gasteiger partial charge in [-0.3, -0.25) is 4.79 Å². The Bertz CT molecular complexity index is 454. The van der Waals surface area contributed by atoms with Gasteiger partial charge in [-0.25, -0.2) is 0 Å². The van der Waals surface area contributed by atoms with Crippen LogP contribution in [0.5, 0.6) is 5.75 Å². The summed E-state index contributed by atoms with van der Waals surface area (Å²) in [4.78, 5) is 12.1. The van der Waals surface area contributed by atoms with E-state index >= 15 is 0 Å². The molecule has 0 saturated heterocycles. The number of methoxy groups -OCH3 is 1. The topological polar surface area (TPSA) is 64.3 Å². The van der Waals surface area contributed by atoms with E-state index in [2.05, 4.69) is 5.32 Å². The number of hydrogen-bond acceptors (Lipinski definition) is 3. The standard InChI is InChI=1S/C16H24N2O2/c1-20-13-7-8-15(17)14(11-13)16(19)18-10-9-12-5-3-2-4-6-12/h7-8,11-12H,2-6,9-10,17H2,1H3,(H,18,19). The minimum Gasteiger partial charge on any atom is -0.497 e. The highest BCUT2D eigenvalue weighted by molar-refractivity contribution is 5.99. The molecule has 0 spiro atoms. The molecule has 3 N–H and O–H groups in total. The quantitative estimate of drug-likeness (QED) is 0.813. The van der Waals surface area contributed by atoms with Crippen LogP contribution in [0.4, 0.5) is 5.69 Å². The molecule has 1 fully saturated rings. The first-order valence-corrected chi connectivity index (χ1v) is 7.42. The lowest BCUT2D eigenvalue weighted by Crippen LogP contribution is -2.27. The van der Waals surface area contributed by atoms with Gasteiger partial charge in [0.25, 0.3) is 5.91 Å². The van der Waals surface area contributed by atoms with Gasteiger partial charge in [0.2, 0.25) is 0 Å². The summed E-state index contributed by atoms with van der Waals surface area (Å²) in [6.45, 7) is 0.722. The predicted molar refractivity (Wildman–Crippen MR) is 80.9 cm³/mol. The third-order valence-electron chi connectivity index (χ3n) is 4.07. The molecule has 0 heterocycles. The van der Waals surface area contributed by atoms with Crippen molar-refractivity contribution >= 4 is 11.6 Å². The molecule has 4 heteroatoms. The SMILES string of the molecule is COc1ccc(N)c(C(=O)NCCC2CCCCC2)c1. The average molecular weight is 276 g/mol. The van der Waals surface area contributed by atoms with Crippen LogP contribution in [-0.2, 0) is 0 Å². The molecule has 1 amide bonds. The zero-order valence-electron chi connectivity index (χ0n) is 12.2. The van der Waals surface area contributed by atoms with Gasteiger partial charge in [-0.2, -0.15) is 0 Å². The Labute approximate surface area is 120 Å². The molecule has 1 aromatic carbocycles. The number of nitrogens with one attached hydrogen (secondary N) is 1. The molecule has 1 aliphatic carbocycles. The lowest BCUT2D eigenvalue weighted by Gasteiger charge is -2.21. The summed E-state index contributed by atoms with van der Waals surface area (Å²) in [6.07, 6.45) is 7.70. The second-order valence-corrected chi connectivity index (χ2v) is 5.50. The smallest absolute Gasteiger partial charge is 0.253 e. The van der Waals surface area contributed by atoms with E-state index in [1.54, 1.807) is 25.3 Å². The molecule has 0 aromatic heterocycles. The largest absolute Gasteiger partial charge is 0.497 e. The molecule has 0 atom stereocenters. The molecule has 20 heavy (non-hydrogen) atoms. The Morgan fingerprint density at radius 2 is 2.10 bits per heavy atom. The van der Waals surface area contributed by atoms with Gasteiger partial charge in [-0.15, -0.1) is 0 Å².